The van der Waals surface area contributed by atoms with Crippen LogP contribution in [-0.2, 0) is 18.3 Å². The molecular weight excluding hydrogens is 306 g/mol. The molecule has 0 aliphatic heterocycles. The van der Waals surface area contributed by atoms with Crippen molar-refractivity contribution < 1.29 is 14.8 Å². The minimum absolute atomic E-state index is 0.0156. The summed E-state index contributed by atoms with van der Waals surface area (Å²) in [6.45, 7) is 1.81. The zero-order valence-corrected chi connectivity index (χ0v) is 13.3. The molecule has 2 rings (SSSR count). The normalized spacial score (nSPS) is 12.5. The van der Waals surface area contributed by atoms with Crippen molar-refractivity contribution in [1.29, 1.82) is 0 Å². The van der Waals surface area contributed by atoms with Gasteiger partial charge in [-0.1, -0.05) is 0 Å². The number of fused-ring (bicyclic) bond motifs is 1. The molecular formula is C14H17N3O4S. The molecule has 3 N–H and O–H groups in total. The van der Waals surface area contributed by atoms with E-state index in [1.807, 2.05) is 23.8 Å². The fraction of sp³-hybridized carbons (Fsp3) is 0.357. The van der Waals surface area contributed by atoms with E-state index >= 15 is 0 Å². The third kappa shape index (κ3) is 2.67. The van der Waals surface area contributed by atoms with Gasteiger partial charge in [-0.15, -0.1) is 11.8 Å². The van der Waals surface area contributed by atoms with Gasteiger partial charge in [0.25, 0.3) is 5.69 Å². The highest BCUT2D eigenvalue weighted by Crippen LogP contribution is 2.36. The van der Waals surface area contributed by atoms with E-state index in [0.717, 1.165) is 10.6 Å². The van der Waals surface area contributed by atoms with Crippen LogP contribution in [0.2, 0.25) is 0 Å². The molecule has 1 atom stereocenters. The number of carboxylic acid groups (broad SMARTS) is 1. The second kappa shape index (κ2) is 5.98. The molecule has 0 fully saturated rings. The minimum Gasteiger partial charge on any atom is -0.480 e. The SMILES string of the molecule is CSc1cc([N+](=O)[O-])c2c(CC(N)C(=O)O)c(C)n(C)c2c1. The number of aliphatic carboxylic acids is 1. The third-order valence-corrected chi connectivity index (χ3v) is 4.55. The van der Waals surface area contributed by atoms with Crippen molar-refractivity contribution >= 4 is 34.3 Å². The number of carbonyl (C=O) groups is 1. The van der Waals surface area contributed by atoms with Crippen LogP contribution in [0.3, 0.4) is 0 Å². The molecule has 1 heterocycles. The highest BCUT2D eigenvalue weighted by molar-refractivity contribution is 7.98. The Kier molecular flexibility index (Phi) is 4.43. The summed E-state index contributed by atoms with van der Waals surface area (Å²) < 4.78 is 1.84. The number of non-ortho nitro benzene ring substituents is 1. The fourth-order valence-electron chi connectivity index (χ4n) is 2.54. The molecule has 0 saturated heterocycles. The third-order valence-electron chi connectivity index (χ3n) is 3.85. The summed E-state index contributed by atoms with van der Waals surface area (Å²) in [5.41, 5.74) is 7.72. The highest BCUT2D eigenvalue weighted by Gasteiger charge is 2.25. The molecule has 0 aliphatic carbocycles. The molecule has 0 spiro atoms. The number of hydrogen-bond acceptors (Lipinski definition) is 5. The van der Waals surface area contributed by atoms with Gasteiger partial charge in [0.15, 0.2) is 0 Å². The number of nitro benzene ring substituents is 1. The van der Waals surface area contributed by atoms with Gasteiger partial charge in [0.05, 0.1) is 15.8 Å². The molecule has 118 valence electrons. The maximum Gasteiger partial charge on any atom is 0.320 e. The molecule has 0 bridgehead atoms. The first kappa shape index (κ1) is 16.3. The van der Waals surface area contributed by atoms with E-state index < -0.39 is 16.9 Å². The second-order valence-corrected chi connectivity index (χ2v) is 5.95. The number of nitrogens with two attached hydrogens (primary N) is 1. The maximum atomic E-state index is 11.4. The first-order valence-corrected chi connectivity index (χ1v) is 7.79. The van der Waals surface area contributed by atoms with Crippen LogP contribution in [0.5, 0.6) is 0 Å². The molecule has 22 heavy (non-hydrogen) atoms. The number of nitro groups is 1. The monoisotopic (exact) mass is 323 g/mol. The summed E-state index contributed by atoms with van der Waals surface area (Å²) in [6, 6.07) is 2.29. The number of nitrogens with zero attached hydrogens (tertiary/aromatic N) is 2. The number of rotatable bonds is 5. The summed E-state index contributed by atoms with van der Waals surface area (Å²) in [4.78, 5) is 22.8. The van der Waals surface area contributed by atoms with Crippen molar-refractivity contribution in [1.82, 2.24) is 4.57 Å². The van der Waals surface area contributed by atoms with Crippen LogP contribution in [0.15, 0.2) is 17.0 Å². The van der Waals surface area contributed by atoms with Crippen molar-refractivity contribution in [2.45, 2.75) is 24.3 Å². The fourth-order valence-corrected chi connectivity index (χ4v) is 3.00. The van der Waals surface area contributed by atoms with E-state index in [9.17, 15) is 14.9 Å². The summed E-state index contributed by atoms with van der Waals surface area (Å²) in [5.74, 6) is -1.13. The van der Waals surface area contributed by atoms with E-state index in [0.29, 0.717) is 16.5 Å². The van der Waals surface area contributed by atoms with Gasteiger partial charge in [-0.3, -0.25) is 14.9 Å². The van der Waals surface area contributed by atoms with Crippen LogP contribution >= 0.6 is 11.8 Å². The topological polar surface area (TPSA) is 111 Å². The van der Waals surface area contributed by atoms with E-state index in [2.05, 4.69) is 0 Å². The predicted octanol–water partition coefficient (Wildman–Crippen LogP) is 2.07. The summed E-state index contributed by atoms with van der Waals surface area (Å²) in [6.07, 6.45) is 1.90. The van der Waals surface area contributed by atoms with Gasteiger partial charge in [-0.2, -0.15) is 0 Å². The van der Waals surface area contributed by atoms with Crippen LogP contribution in [0, 0.1) is 17.0 Å². The van der Waals surface area contributed by atoms with Crippen LogP contribution in [-0.4, -0.2) is 32.9 Å². The Balaban J connectivity index is 2.78. The molecule has 7 nitrogen and oxygen atoms in total. The molecule has 8 heteroatoms. The lowest BCUT2D eigenvalue weighted by Gasteiger charge is -2.07. The Bertz CT molecular complexity index is 769. The number of aryl methyl sites for hydroxylation is 1. The van der Waals surface area contributed by atoms with E-state index in [4.69, 9.17) is 10.8 Å². The lowest BCUT2D eigenvalue weighted by molar-refractivity contribution is -0.383. The second-order valence-electron chi connectivity index (χ2n) is 5.07. The van der Waals surface area contributed by atoms with Gasteiger partial charge in [-0.25, -0.2) is 0 Å². The van der Waals surface area contributed by atoms with Crippen LogP contribution in [0.1, 0.15) is 11.3 Å². The highest BCUT2D eigenvalue weighted by atomic mass is 32.2. The average molecular weight is 323 g/mol. The van der Waals surface area contributed by atoms with Crippen molar-refractivity contribution in [3.63, 3.8) is 0 Å². The zero-order valence-electron chi connectivity index (χ0n) is 12.5. The average Bonchev–Trinajstić information content (AvgIpc) is 2.71. The Labute approximate surface area is 131 Å². The molecule has 1 aromatic carbocycles. The van der Waals surface area contributed by atoms with Crippen LogP contribution < -0.4 is 5.73 Å². The Hall–Kier alpha value is -2.06. The summed E-state index contributed by atoms with van der Waals surface area (Å²) in [5, 5.41) is 20.9. The summed E-state index contributed by atoms with van der Waals surface area (Å²) in [7, 11) is 1.81. The van der Waals surface area contributed by atoms with Crippen molar-refractivity contribution in [2.24, 2.45) is 12.8 Å². The number of benzene rings is 1. The minimum atomic E-state index is -1.13. The molecule has 0 amide bonds. The maximum absolute atomic E-state index is 11.4. The molecule has 0 radical (unpaired) electrons. The quantitative estimate of drug-likeness (QED) is 0.495. The predicted molar refractivity (Wildman–Crippen MR) is 85.4 cm³/mol. The van der Waals surface area contributed by atoms with Crippen LogP contribution in [0.25, 0.3) is 10.9 Å². The first-order chi connectivity index (χ1) is 10.3. The lowest BCUT2D eigenvalue weighted by atomic mass is 10.0. The van der Waals surface area contributed by atoms with Gasteiger partial charge in [0, 0.05) is 30.1 Å². The van der Waals surface area contributed by atoms with E-state index in [-0.39, 0.29) is 12.1 Å². The summed E-state index contributed by atoms with van der Waals surface area (Å²) >= 11 is 1.42. The van der Waals surface area contributed by atoms with Gasteiger partial charge in [-0.05, 0) is 24.8 Å². The number of carboxylic acids is 1. The zero-order chi connectivity index (χ0) is 16.6. The van der Waals surface area contributed by atoms with E-state index in [1.54, 1.807) is 7.05 Å². The van der Waals surface area contributed by atoms with Crippen molar-refractivity contribution in [3.05, 3.63) is 33.5 Å². The van der Waals surface area contributed by atoms with Crippen molar-refractivity contribution in [3.8, 4) is 0 Å². The van der Waals surface area contributed by atoms with Gasteiger partial charge >= 0.3 is 5.97 Å². The van der Waals surface area contributed by atoms with E-state index in [1.165, 1.54) is 17.8 Å². The number of thioether (sulfide) groups is 1. The Morgan fingerprint density at radius 3 is 2.68 bits per heavy atom. The van der Waals surface area contributed by atoms with Gasteiger partial charge in [0.2, 0.25) is 0 Å². The molecule has 2 aromatic rings. The Morgan fingerprint density at radius 2 is 2.18 bits per heavy atom. The molecule has 1 unspecified atom stereocenters. The van der Waals surface area contributed by atoms with Crippen LogP contribution in [0.4, 0.5) is 5.69 Å². The molecule has 1 aromatic heterocycles. The lowest BCUT2D eigenvalue weighted by Crippen LogP contribution is -2.32. The Morgan fingerprint density at radius 1 is 1.55 bits per heavy atom. The first-order valence-electron chi connectivity index (χ1n) is 6.56. The van der Waals surface area contributed by atoms with Crippen molar-refractivity contribution in [2.75, 3.05) is 6.26 Å². The largest absolute Gasteiger partial charge is 0.480 e. The smallest absolute Gasteiger partial charge is 0.320 e. The number of aromatic nitrogens is 1. The van der Waals surface area contributed by atoms with Gasteiger partial charge in [0.1, 0.15) is 6.04 Å². The van der Waals surface area contributed by atoms with Gasteiger partial charge < -0.3 is 15.4 Å². The number of hydrogen-bond donors (Lipinski definition) is 2. The molecule has 0 aliphatic rings. The standard InChI is InChI=1S/C14H17N3O4S/c1-7-9(6-10(15)14(18)19)13-11(16(7)2)4-8(22-3)5-12(13)17(20)21/h4-5,10H,6,15H2,1-3H3,(H,18,19). The molecule has 0 saturated carbocycles.